The Kier molecular flexibility index (Phi) is 30.6. The molecule has 1 nitrogen and oxygen atoms in total. The fraction of sp³-hybridized carbons (Fsp3) is 1.00. The van der Waals surface area contributed by atoms with Gasteiger partial charge in [-0.25, -0.2) is 0 Å². The smallest absolute Gasteiger partial charge is 0.105 e. The minimum atomic E-state index is 0. The Bertz CT molecular complexity index is 32.2. The van der Waals surface area contributed by atoms with Gasteiger partial charge in [-0.1, -0.05) is 13.8 Å². The molecule has 0 bridgehead atoms. The van der Waals surface area contributed by atoms with Gasteiger partial charge < -0.3 is 5.48 Å². The first-order chi connectivity index (χ1) is 3.41. The number of hydrogen-bond donors (Lipinski definition) is 0. The van der Waals surface area contributed by atoms with E-state index in [0.29, 0.717) is 0 Å². The molecule has 0 aromatic carbocycles. The van der Waals surface area contributed by atoms with Gasteiger partial charge in [-0.05, 0) is 24.6 Å². The van der Waals surface area contributed by atoms with Gasteiger partial charge in [0.05, 0.1) is 0 Å². The van der Waals surface area contributed by atoms with Crippen LogP contribution in [-0.2, 0) is 11.8 Å². The molecule has 0 rings (SSSR count). The average molecular weight is 176 g/mol. The third-order valence-corrected chi connectivity index (χ3v) is 2.29. The van der Waals surface area contributed by atoms with E-state index in [-0.39, 0.29) is 43.2 Å². The normalized spacial score (nSPS) is 7.33. The van der Waals surface area contributed by atoms with Gasteiger partial charge in [0, 0.05) is 37.7 Å². The van der Waals surface area contributed by atoms with E-state index in [0.717, 1.165) is 0 Å². The van der Waals surface area contributed by atoms with Crippen LogP contribution in [0.1, 0.15) is 26.7 Å². The zero-order chi connectivity index (χ0) is 5.54. The van der Waals surface area contributed by atoms with E-state index in [1.165, 1.54) is 24.3 Å². The molecule has 2 radical (unpaired) electrons. The van der Waals surface area contributed by atoms with Crippen LogP contribution in [0.2, 0.25) is 0 Å². The molecular formula is C6H16CaOS. The van der Waals surface area contributed by atoms with Crippen molar-refractivity contribution in [2.45, 2.75) is 26.7 Å². The van der Waals surface area contributed by atoms with E-state index in [9.17, 15) is 0 Å². The molecule has 0 amide bonds. The first-order valence-electron chi connectivity index (χ1n) is 3.05. The quantitative estimate of drug-likeness (QED) is 0.273. The molecule has 0 heterocycles. The molecule has 0 aromatic rings. The van der Waals surface area contributed by atoms with E-state index in [2.05, 4.69) is 13.8 Å². The molecule has 9 heavy (non-hydrogen) atoms. The van der Waals surface area contributed by atoms with Crippen LogP contribution in [0.15, 0.2) is 0 Å². The Balaban J connectivity index is -0.000000180. The summed E-state index contributed by atoms with van der Waals surface area (Å²) in [4.78, 5) is 0. The van der Waals surface area contributed by atoms with E-state index in [1.54, 1.807) is 11.8 Å². The predicted octanol–water partition coefficient (Wildman–Crippen LogP) is 1.06. The maximum atomic E-state index is 2.24. The van der Waals surface area contributed by atoms with E-state index >= 15 is 0 Å². The molecule has 0 saturated heterocycles. The molecule has 54 valence electrons. The predicted molar refractivity (Wildman–Crippen MR) is 46.8 cm³/mol. The maximum Gasteiger partial charge on any atom is 0.105 e. The van der Waals surface area contributed by atoms with Crippen LogP contribution in [0.4, 0.5) is 0 Å². The van der Waals surface area contributed by atoms with Crippen molar-refractivity contribution < 1.29 is 5.48 Å². The number of thiol groups is 1. The molecule has 0 aromatic heterocycles. The summed E-state index contributed by atoms with van der Waals surface area (Å²) in [5.74, 6) is 2.79. The standard InChI is InChI=1S/C6H14S.Ca.H2O/c1-3-5-7-6-4-2;;/h3-6H2,1-2H3;;1H2. The number of hydrogen-bond acceptors (Lipinski definition) is 1. The molecular weight excluding hydrogens is 160 g/mol. The zero-order valence-corrected chi connectivity index (χ0v) is 9.53. The second-order valence-corrected chi connectivity index (χ2v) is 3.01. The maximum absolute atomic E-state index is 2.24. The van der Waals surface area contributed by atoms with Crippen molar-refractivity contribution in [2.24, 2.45) is 0 Å². The molecule has 1 N–H and O–H groups in total. The Hall–Kier alpha value is 1.57. The van der Waals surface area contributed by atoms with Gasteiger partial charge in [0.25, 0.3) is 0 Å². The van der Waals surface area contributed by atoms with Crippen molar-refractivity contribution in [3.8, 4) is 0 Å². The van der Waals surface area contributed by atoms with Crippen LogP contribution < -0.4 is 0 Å². The topological polar surface area (TPSA) is 30.0 Å². The van der Waals surface area contributed by atoms with E-state index in [4.69, 9.17) is 0 Å². The van der Waals surface area contributed by atoms with Crippen molar-refractivity contribution in [3.63, 3.8) is 0 Å². The van der Waals surface area contributed by atoms with E-state index < -0.39 is 0 Å². The zero-order valence-electron chi connectivity index (χ0n) is 6.43. The van der Waals surface area contributed by atoms with Crippen molar-refractivity contribution in [1.29, 1.82) is 0 Å². The van der Waals surface area contributed by atoms with Crippen LogP contribution in [0.5, 0.6) is 0 Å². The third-order valence-electron chi connectivity index (χ3n) is 0.763. The van der Waals surface area contributed by atoms with Gasteiger partial charge in [-0.2, -0.15) is 0 Å². The molecule has 3 heteroatoms. The Morgan fingerprint density at radius 1 is 1.00 bits per heavy atom. The Morgan fingerprint density at radius 3 is 1.56 bits per heavy atom. The second kappa shape index (κ2) is 16.3. The average Bonchev–Trinajstić information content (AvgIpc) is 1.69. The second-order valence-electron chi connectivity index (χ2n) is 1.67. The van der Waals surface area contributed by atoms with Gasteiger partial charge in [0.15, 0.2) is 0 Å². The van der Waals surface area contributed by atoms with Gasteiger partial charge in [-0.3, -0.25) is 0 Å². The summed E-state index contributed by atoms with van der Waals surface area (Å²) in [5, 5.41) is 0. The van der Waals surface area contributed by atoms with Crippen LogP contribution >= 0.6 is 0 Å². The third kappa shape index (κ3) is 17.7. The summed E-state index contributed by atoms with van der Waals surface area (Å²) < 4.78 is 0. The first kappa shape index (κ1) is 16.9. The summed E-state index contributed by atoms with van der Waals surface area (Å²) in [5.41, 5.74) is 0. The number of rotatable bonds is 4. The van der Waals surface area contributed by atoms with Crippen molar-refractivity contribution in [3.05, 3.63) is 0 Å². The Morgan fingerprint density at radius 2 is 1.33 bits per heavy atom. The van der Waals surface area contributed by atoms with Gasteiger partial charge in [-0.15, -0.1) is 0 Å². The molecule has 0 saturated carbocycles. The molecule has 0 atom stereocenters. The van der Waals surface area contributed by atoms with Gasteiger partial charge >= 0.3 is 0 Å². The Labute approximate surface area is 92.3 Å². The van der Waals surface area contributed by atoms with Crippen LogP contribution in [0, 0.1) is 0 Å². The van der Waals surface area contributed by atoms with Crippen molar-refractivity contribution >= 4 is 49.5 Å². The molecule has 0 unspecified atom stereocenters. The molecule has 0 aliphatic carbocycles. The molecule has 0 aliphatic heterocycles. The summed E-state index contributed by atoms with van der Waals surface area (Å²) in [6.07, 6.45) is 2.70. The van der Waals surface area contributed by atoms with Gasteiger partial charge in [0.1, 0.15) is 11.5 Å². The fourth-order valence-electron chi connectivity index (χ4n) is 0.428. The minimum Gasteiger partial charge on any atom is -0.870 e. The summed E-state index contributed by atoms with van der Waals surface area (Å²) in [6, 6.07) is 0. The van der Waals surface area contributed by atoms with Crippen LogP contribution in [0.25, 0.3) is 0 Å². The molecule has 0 aliphatic rings. The summed E-state index contributed by atoms with van der Waals surface area (Å²) in [7, 11) is 0. The summed E-state index contributed by atoms with van der Waals surface area (Å²) in [6.45, 7) is 4.48. The largest absolute Gasteiger partial charge is 0.870 e. The summed E-state index contributed by atoms with van der Waals surface area (Å²) >= 11 is 1.64. The SMILES string of the molecule is CCC[SH+]CCC.[Ca].[OH-]. The van der Waals surface area contributed by atoms with Crippen LogP contribution in [0.3, 0.4) is 0 Å². The van der Waals surface area contributed by atoms with Gasteiger partial charge in [0.2, 0.25) is 0 Å². The van der Waals surface area contributed by atoms with Crippen molar-refractivity contribution in [2.75, 3.05) is 11.5 Å². The molecule has 0 spiro atoms. The fourth-order valence-corrected chi connectivity index (χ4v) is 1.28. The minimum absolute atomic E-state index is 0. The van der Waals surface area contributed by atoms with Crippen LogP contribution in [-0.4, -0.2) is 54.7 Å². The van der Waals surface area contributed by atoms with Crippen molar-refractivity contribution in [1.82, 2.24) is 0 Å². The molecule has 0 fully saturated rings. The monoisotopic (exact) mass is 176 g/mol. The first-order valence-corrected chi connectivity index (χ1v) is 4.31. The van der Waals surface area contributed by atoms with E-state index in [1.807, 2.05) is 0 Å².